The van der Waals surface area contributed by atoms with Crippen molar-refractivity contribution in [3.63, 3.8) is 0 Å². The first-order chi connectivity index (χ1) is 12.9. The summed E-state index contributed by atoms with van der Waals surface area (Å²) in [6.45, 7) is 3.72. The number of nitrogens with zero attached hydrogens (tertiary/aromatic N) is 3. The normalized spacial score (nSPS) is 14.5. The molecule has 0 aliphatic rings. The fourth-order valence-electron chi connectivity index (χ4n) is 2.77. The summed E-state index contributed by atoms with van der Waals surface area (Å²) in [5.41, 5.74) is 0.0301. The molecule has 2 N–H and O–H groups in total. The molecular formula is C18H24N4O4S. The molecule has 3 atom stereocenters. The van der Waals surface area contributed by atoms with Crippen LogP contribution < -0.4 is 10.9 Å². The number of carboxylic acids is 1. The number of amides is 1. The number of hydrogen-bond donors (Lipinski definition) is 2. The minimum atomic E-state index is -1.10. The number of benzene rings is 1. The Morgan fingerprint density at radius 2 is 2.04 bits per heavy atom. The van der Waals surface area contributed by atoms with Crippen LogP contribution in [0.2, 0.25) is 0 Å². The lowest BCUT2D eigenvalue weighted by molar-refractivity contribution is -0.142. The third kappa shape index (κ3) is 4.85. The van der Waals surface area contributed by atoms with Gasteiger partial charge in [-0.25, -0.2) is 4.79 Å². The molecule has 2 aromatic rings. The quantitative estimate of drug-likeness (QED) is 0.667. The number of carbonyl (C=O) groups is 2. The number of fused-ring (bicyclic) bond motifs is 1. The van der Waals surface area contributed by atoms with E-state index in [-0.39, 0.29) is 5.92 Å². The number of hydrogen-bond acceptors (Lipinski definition) is 6. The molecule has 2 rings (SSSR count). The standard InChI is InChI=1S/C18H24N4O4S/c1-4-11(2)15(16(23)19-14(18(25)26)9-10-27-3)22-17(24)12-7-5-6-8-13(12)20-21-22/h5-8,11,14-15H,4,9-10H2,1-3H3,(H,19,23)(H,25,26)/t11-,14-,15-/m0/s1. The molecule has 1 aromatic carbocycles. The summed E-state index contributed by atoms with van der Waals surface area (Å²) < 4.78 is 1.07. The molecule has 27 heavy (non-hydrogen) atoms. The molecule has 1 aromatic heterocycles. The molecule has 0 saturated heterocycles. The number of rotatable bonds is 9. The van der Waals surface area contributed by atoms with Gasteiger partial charge in [0.1, 0.15) is 17.6 Å². The zero-order chi connectivity index (χ0) is 20.0. The summed E-state index contributed by atoms with van der Waals surface area (Å²) in [5.74, 6) is -1.27. The smallest absolute Gasteiger partial charge is 0.326 e. The molecule has 9 heteroatoms. The highest BCUT2D eigenvalue weighted by Crippen LogP contribution is 2.20. The van der Waals surface area contributed by atoms with Crippen LogP contribution in [0, 0.1) is 5.92 Å². The fraction of sp³-hybridized carbons (Fsp3) is 0.500. The SMILES string of the molecule is CC[C@H](C)[C@@H](C(=O)N[C@@H](CCSC)C(=O)O)n1nnc2ccccc2c1=O. The van der Waals surface area contributed by atoms with E-state index < -0.39 is 29.5 Å². The van der Waals surface area contributed by atoms with Gasteiger partial charge in [0.15, 0.2) is 0 Å². The van der Waals surface area contributed by atoms with Crippen molar-refractivity contribution < 1.29 is 14.7 Å². The van der Waals surface area contributed by atoms with E-state index in [4.69, 9.17) is 0 Å². The van der Waals surface area contributed by atoms with Gasteiger partial charge in [0.05, 0.1) is 5.39 Å². The van der Waals surface area contributed by atoms with Crippen LogP contribution in [0.15, 0.2) is 29.1 Å². The second-order valence-corrected chi connectivity index (χ2v) is 7.35. The first kappa shape index (κ1) is 20.9. The molecule has 0 spiro atoms. The van der Waals surface area contributed by atoms with Crippen LogP contribution in [0.1, 0.15) is 32.7 Å². The van der Waals surface area contributed by atoms with Gasteiger partial charge in [-0.3, -0.25) is 9.59 Å². The molecule has 146 valence electrons. The third-order valence-corrected chi connectivity index (χ3v) is 5.18. The zero-order valence-electron chi connectivity index (χ0n) is 15.6. The Kier molecular flexibility index (Phi) is 7.35. The lowest BCUT2D eigenvalue weighted by Crippen LogP contribution is -2.48. The summed E-state index contributed by atoms with van der Waals surface area (Å²) >= 11 is 1.50. The van der Waals surface area contributed by atoms with Crippen molar-refractivity contribution in [1.29, 1.82) is 0 Å². The van der Waals surface area contributed by atoms with Crippen LogP contribution in [0.25, 0.3) is 10.9 Å². The summed E-state index contributed by atoms with van der Waals surface area (Å²) in [6, 6.07) is 4.83. The van der Waals surface area contributed by atoms with Crippen molar-refractivity contribution in [3.8, 4) is 0 Å². The van der Waals surface area contributed by atoms with Gasteiger partial charge in [0.2, 0.25) is 5.91 Å². The average Bonchev–Trinajstić information content (AvgIpc) is 2.66. The number of carbonyl (C=O) groups excluding carboxylic acids is 1. The first-order valence-electron chi connectivity index (χ1n) is 8.77. The van der Waals surface area contributed by atoms with Gasteiger partial charge in [-0.05, 0) is 36.5 Å². The Morgan fingerprint density at radius 3 is 2.67 bits per heavy atom. The predicted molar refractivity (Wildman–Crippen MR) is 105 cm³/mol. The monoisotopic (exact) mass is 392 g/mol. The highest BCUT2D eigenvalue weighted by atomic mass is 32.2. The maximum absolute atomic E-state index is 12.9. The topological polar surface area (TPSA) is 114 Å². The largest absolute Gasteiger partial charge is 0.480 e. The van der Waals surface area contributed by atoms with E-state index in [1.54, 1.807) is 24.3 Å². The van der Waals surface area contributed by atoms with Crippen LogP contribution in [0.3, 0.4) is 0 Å². The zero-order valence-corrected chi connectivity index (χ0v) is 16.4. The molecule has 0 radical (unpaired) electrons. The van der Waals surface area contributed by atoms with Crippen molar-refractivity contribution in [2.24, 2.45) is 5.92 Å². The van der Waals surface area contributed by atoms with E-state index in [0.717, 1.165) is 4.68 Å². The Hall–Kier alpha value is -2.42. The summed E-state index contributed by atoms with van der Waals surface area (Å²) in [5, 5.41) is 20.3. The Morgan fingerprint density at radius 1 is 1.33 bits per heavy atom. The molecule has 0 saturated carbocycles. The molecule has 0 bridgehead atoms. The van der Waals surface area contributed by atoms with Crippen molar-refractivity contribution in [1.82, 2.24) is 20.3 Å². The minimum absolute atomic E-state index is 0.229. The minimum Gasteiger partial charge on any atom is -0.480 e. The molecule has 8 nitrogen and oxygen atoms in total. The number of aromatic nitrogens is 3. The van der Waals surface area contributed by atoms with E-state index in [2.05, 4.69) is 15.6 Å². The molecule has 0 aliphatic heterocycles. The van der Waals surface area contributed by atoms with Gasteiger partial charge in [-0.2, -0.15) is 16.4 Å². The number of carboxylic acid groups (broad SMARTS) is 1. The predicted octanol–water partition coefficient (Wildman–Crippen LogP) is 1.70. The number of nitrogens with one attached hydrogen (secondary N) is 1. The van der Waals surface area contributed by atoms with Crippen LogP contribution >= 0.6 is 11.8 Å². The first-order valence-corrected chi connectivity index (χ1v) is 10.2. The maximum atomic E-state index is 12.9. The van der Waals surface area contributed by atoms with Crippen molar-refractivity contribution in [2.75, 3.05) is 12.0 Å². The van der Waals surface area contributed by atoms with E-state index >= 15 is 0 Å². The number of thioether (sulfide) groups is 1. The van der Waals surface area contributed by atoms with Crippen LogP contribution in [0.4, 0.5) is 0 Å². The van der Waals surface area contributed by atoms with Gasteiger partial charge in [0, 0.05) is 0 Å². The lowest BCUT2D eigenvalue weighted by atomic mass is 9.98. The van der Waals surface area contributed by atoms with Gasteiger partial charge in [0.25, 0.3) is 5.56 Å². The molecular weight excluding hydrogens is 368 g/mol. The Labute approximate surface area is 161 Å². The van der Waals surface area contributed by atoms with Gasteiger partial charge < -0.3 is 10.4 Å². The summed E-state index contributed by atoms with van der Waals surface area (Å²) in [6.07, 6.45) is 2.78. The highest BCUT2D eigenvalue weighted by molar-refractivity contribution is 7.98. The van der Waals surface area contributed by atoms with E-state index in [9.17, 15) is 19.5 Å². The summed E-state index contributed by atoms with van der Waals surface area (Å²) in [7, 11) is 0. The van der Waals surface area contributed by atoms with Crippen LogP contribution in [-0.4, -0.2) is 50.0 Å². The molecule has 1 amide bonds. The summed E-state index contributed by atoms with van der Waals surface area (Å²) in [4.78, 5) is 37.2. The van der Waals surface area contributed by atoms with E-state index in [1.165, 1.54) is 11.8 Å². The van der Waals surface area contributed by atoms with E-state index in [0.29, 0.717) is 29.5 Å². The van der Waals surface area contributed by atoms with Gasteiger partial charge in [-0.1, -0.05) is 37.6 Å². The third-order valence-electron chi connectivity index (χ3n) is 4.53. The highest BCUT2D eigenvalue weighted by Gasteiger charge is 2.31. The number of aliphatic carboxylic acids is 1. The van der Waals surface area contributed by atoms with Gasteiger partial charge >= 0.3 is 5.97 Å². The lowest BCUT2D eigenvalue weighted by Gasteiger charge is -2.25. The molecule has 1 heterocycles. The molecule has 0 fully saturated rings. The van der Waals surface area contributed by atoms with Crippen molar-refractivity contribution in [3.05, 3.63) is 34.6 Å². The van der Waals surface area contributed by atoms with E-state index in [1.807, 2.05) is 20.1 Å². The fourth-order valence-corrected chi connectivity index (χ4v) is 3.24. The Bertz CT molecular complexity index is 870. The maximum Gasteiger partial charge on any atom is 0.326 e. The van der Waals surface area contributed by atoms with Crippen molar-refractivity contribution >= 4 is 34.5 Å². The Balaban J connectivity index is 2.40. The second kappa shape index (κ2) is 9.50. The van der Waals surface area contributed by atoms with Crippen LogP contribution in [-0.2, 0) is 9.59 Å². The molecule has 0 unspecified atom stereocenters. The van der Waals surface area contributed by atoms with Gasteiger partial charge in [-0.15, -0.1) is 5.10 Å². The molecule has 0 aliphatic carbocycles. The second-order valence-electron chi connectivity index (χ2n) is 6.37. The van der Waals surface area contributed by atoms with Crippen molar-refractivity contribution in [2.45, 2.75) is 38.8 Å². The average molecular weight is 392 g/mol. The van der Waals surface area contributed by atoms with Crippen LogP contribution in [0.5, 0.6) is 0 Å².